The van der Waals surface area contributed by atoms with Gasteiger partial charge in [-0.15, -0.1) is 0 Å². The zero-order valence-corrected chi connectivity index (χ0v) is 19.9. The summed E-state index contributed by atoms with van der Waals surface area (Å²) in [4.78, 5) is 13.7. The van der Waals surface area contributed by atoms with Crippen molar-refractivity contribution in [1.29, 1.82) is 0 Å². The van der Waals surface area contributed by atoms with Gasteiger partial charge in [0.1, 0.15) is 0 Å². The number of ketones is 1. The first-order valence-electron chi connectivity index (χ1n) is 11.2. The lowest BCUT2D eigenvalue weighted by Crippen LogP contribution is -2.12. The Hall–Kier alpha value is -3.09. The van der Waals surface area contributed by atoms with E-state index in [1.807, 2.05) is 41.5 Å². The number of ether oxygens (including phenoxy) is 6. The van der Waals surface area contributed by atoms with Crippen molar-refractivity contribution < 1.29 is 33.2 Å². The van der Waals surface area contributed by atoms with Gasteiger partial charge in [0.15, 0.2) is 23.0 Å². The van der Waals surface area contributed by atoms with E-state index < -0.39 is 0 Å². The topological polar surface area (TPSA) is 72.5 Å². The minimum absolute atomic E-state index is 0.273. The van der Waals surface area contributed by atoms with E-state index in [9.17, 15) is 4.79 Å². The molecule has 0 aromatic heterocycles. The van der Waals surface area contributed by atoms with E-state index >= 15 is 0 Å². The number of benzene rings is 2. The maximum atomic E-state index is 13.7. The average molecular weight is 447 g/mol. The first kappa shape index (κ1) is 25.2. The average Bonchev–Trinajstić information content (AvgIpc) is 2.78. The van der Waals surface area contributed by atoms with E-state index in [4.69, 9.17) is 28.4 Å². The molecular weight excluding hydrogens is 412 g/mol. The van der Waals surface area contributed by atoms with Crippen molar-refractivity contribution in [3.05, 3.63) is 35.4 Å². The number of carbonyl (C=O) groups is 1. The van der Waals surface area contributed by atoms with Gasteiger partial charge in [-0.2, -0.15) is 0 Å². The van der Waals surface area contributed by atoms with E-state index in [1.54, 1.807) is 24.3 Å². The molecule has 0 saturated heterocycles. The highest BCUT2D eigenvalue weighted by molar-refractivity contribution is 6.13. The second kappa shape index (κ2) is 12.7. The lowest BCUT2D eigenvalue weighted by atomic mass is 9.99. The Morgan fingerprint density at radius 1 is 0.500 bits per heavy atom. The van der Waals surface area contributed by atoms with Gasteiger partial charge in [0, 0.05) is 0 Å². The monoisotopic (exact) mass is 446 g/mol. The Morgan fingerprint density at radius 2 is 0.812 bits per heavy atom. The zero-order chi connectivity index (χ0) is 23.5. The van der Waals surface area contributed by atoms with Gasteiger partial charge in [0.25, 0.3) is 0 Å². The van der Waals surface area contributed by atoms with Crippen molar-refractivity contribution in [2.45, 2.75) is 41.5 Å². The van der Waals surface area contributed by atoms with Crippen LogP contribution in [0, 0.1) is 0 Å². The molecule has 32 heavy (non-hydrogen) atoms. The molecular formula is C25H34O7. The largest absolute Gasteiger partial charge is 0.490 e. The third kappa shape index (κ3) is 5.58. The standard InChI is InChI=1S/C25H34O7/c1-7-27-19-15-13-17(22(29-9-3)24(19)31-11-5)21(26)18-14-16-20(28-8-2)25(32-12-6)23(18)30-10-4/h13-16H,7-12H2,1-6H3. The number of hydrogen-bond acceptors (Lipinski definition) is 7. The predicted molar refractivity (Wildman–Crippen MR) is 123 cm³/mol. The fraction of sp³-hybridized carbons (Fsp3) is 0.480. The molecule has 0 atom stereocenters. The lowest BCUT2D eigenvalue weighted by molar-refractivity contribution is 0.102. The Kier molecular flexibility index (Phi) is 9.98. The van der Waals surface area contributed by atoms with Gasteiger partial charge >= 0.3 is 0 Å². The molecule has 2 rings (SSSR count). The van der Waals surface area contributed by atoms with Gasteiger partial charge in [0.2, 0.25) is 17.3 Å². The second-order valence-electron chi connectivity index (χ2n) is 6.47. The maximum absolute atomic E-state index is 13.7. The minimum Gasteiger partial charge on any atom is -0.490 e. The second-order valence-corrected chi connectivity index (χ2v) is 6.47. The van der Waals surface area contributed by atoms with Crippen LogP contribution in [0.5, 0.6) is 34.5 Å². The molecule has 7 nitrogen and oxygen atoms in total. The summed E-state index contributed by atoms with van der Waals surface area (Å²) in [6, 6.07) is 6.83. The summed E-state index contributed by atoms with van der Waals surface area (Å²) in [6.45, 7) is 13.7. The van der Waals surface area contributed by atoms with Crippen LogP contribution in [0.2, 0.25) is 0 Å². The van der Waals surface area contributed by atoms with Crippen LogP contribution in [0.1, 0.15) is 57.5 Å². The number of rotatable bonds is 14. The van der Waals surface area contributed by atoms with Crippen molar-refractivity contribution in [2.24, 2.45) is 0 Å². The SMILES string of the molecule is CCOc1ccc(C(=O)c2ccc(OCC)c(OCC)c2OCC)c(OCC)c1OCC. The summed E-state index contributed by atoms with van der Waals surface area (Å²) in [5, 5.41) is 0. The Bertz CT molecular complexity index is 821. The van der Waals surface area contributed by atoms with Gasteiger partial charge in [-0.25, -0.2) is 0 Å². The summed E-state index contributed by atoms with van der Waals surface area (Å²) in [6.07, 6.45) is 0. The van der Waals surface area contributed by atoms with Crippen molar-refractivity contribution in [2.75, 3.05) is 39.6 Å². The van der Waals surface area contributed by atoms with Crippen LogP contribution in [0.4, 0.5) is 0 Å². The molecule has 0 radical (unpaired) electrons. The molecule has 0 unspecified atom stereocenters. The number of hydrogen-bond donors (Lipinski definition) is 0. The molecule has 0 saturated carbocycles. The summed E-state index contributed by atoms with van der Waals surface area (Å²) in [5.74, 6) is 2.30. The van der Waals surface area contributed by atoms with Gasteiger partial charge in [-0.1, -0.05) is 0 Å². The van der Waals surface area contributed by atoms with Gasteiger partial charge < -0.3 is 28.4 Å². The van der Waals surface area contributed by atoms with E-state index in [0.717, 1.165) is 0 Å². The molecule has 176 valence electrons. The quantitative estimate of drug-likeness (QED) is 0.364. The summed E-state index contributed by atoms with van der Waals surface area (Å²) in [5.41, 5.74) is 0.706. The van der Waals surface area contributed by atoms with Gasteiger partial charge in [0.05, 0.1) is 50.8 Å². The van der Waals surface area contributed by atoms with Crippen LogP contribution in [0.3, 0.4) is 0 Å². The molecule has 0 bridgehead atoms. The molecule has 0 fully saturated rings. The Labute approximate surface area is 190 Å². The van der Waals surface area contributed by atoms with Gasteiger partial charge in [-0.3, -0.25) is 4.79 Å². The lowest BCUT2D eigenvalue weighted by Gasteiger charge is -2.20. The third-order valence-electron chi connectivity index (χ3n) is 4.40. The highest BCUT2D eigenvalue weighted by Crippen LogP contribution is 2.45. The smallest absolute Gasteiger partial charge is 0.204 e. The van der Waals surface area contributed by atoms with Crippen molar-refractivity contribution >= 4 is 5.78 Å². The van der Waals surface area contributed by atoms with Crippen LogP contribution in [0.25, 0.3) is 0 Å². The molecule has 0 amide bonds. The van der Waals surface area contributed by atoms with Crippen molar-refractivity contribution in [3.63, 3.8) is 0 Å². The molecule has 7 heteroatoms. The fourth-order valence-electron chi connectivity index (χ4n) is 3.27. The first-order valence-corrected chi connectivity index (χ1v) is 11.2. The third-order valence-corrected chi connectivity index (χ3v) is 4.40. The molecule has 0 aliphatic rings. The van der Waals surface area contributed by atoms with Crippen LogP contribution >= 0.6 is 0 Å². The van der Waals surface area contributed by atoms with Crippen molar-refractivity contribution in [1.82, 2.24) is 0 Å². The molecule has 2 aromatic rings. The van der Waals surface area contributed by atoms with Crippen LogP contribution < -0.4 is 28.4 Å². The number of carbonyl (C=O) groups excluding carboxylic acids is 1. The van der Waals surface area contributed by atoms with E-state index in [0.29, 0.717) is 85.3 Å². The summed E-state index contributed by atoms with van der Waals surface area (Å²) >= 11 is 0. The van der Waals surface area contributed by atoms with E-state index in [-0.39, 0.29) is 5.78 Å². The highest BCUT2D eigenvalue weighted by atomic mass is 16.5. The predicted octanol–water partition coefficient (Wildman–Crippen LogP) is 5.31. The Balaban J connectivity index is 2.70. The normalized spacial score (nSPS) is 10.4. The summed E-state index contributed by atoms with van der Waals surface area (Å²) in [7, 11) is 0. The zero-order valence-electron chi connectivity index (χ0n) is 19.9. The minimum atomic E-state index is -0.273. The summed E-state index contributed by atoms with van der Waals surface area (Å²) < 4.78 is 34.8. The highest BCUT2D eigenvalue weighted by Gasteiger charge is 2.27. The molecule has 0 N–H and O–H groups in total. The van der Waals surface area contributed by atoms with Crippen LogP contribution in [-0.4, -0.2) is 45.4 Å². The van der Waals surface area contributed by atoms with Gasteiger partial charge in [-0.05, 0) is 65.8 Å². The fourth-order valence-corrected chi connectivity index (χ4v) is 3.27. The molecule has 2 aromatic carbocycles. The molecule has 0 aliphatic carbocycles. The van der Waals surface area contributed by atoms with E-state index in [2.05, 4.69) is 0 Å². The van der Waals surface area contributed by atoms with Crippen molar-refractivity contribution in [3.8, 4) is 34.5 Å². The van der Waals surface area contributed by atoms with Crippen LogP contribution in [0.15, 0.2) is 24.3 Å². The molecule has 0 aliphatic heterocycles. The van der Waals surface area contributed by atoms with E-state index in [1.165, 1.54) is 0 Å². The molecule has 0 heterocycles. The Morgan fingerprint density at radius 3 is 1.12 bits per heavy atom. The first-order chi connectivity index (χ1) is 15.6. The van der Waals surface area contributed by atoms with Crippen LogP contribution in [-0.2, 0) is 0 Å². The molecule has 0 spiro atoms. The maximum Gasteiger partial charge on any atom is 0.204 e.